The first kappa shape index (κ1) is 14.4. The van der Waals surface area contributed by atoms with Gasteiger partial charge in [0, 0.05) is 5.66 Å². The van der Waals surface area contributed by atoms with Crippen molar-refractivity contribution < 1.29 is 18.3 Å². The lowest BCUT2D eigenvalue weighted by Crippen LogP contribution is -1.94. The molecule has 0 heterocycles. The maximum Gasteiger partial charge on any atom is 0.405 e. The molecule has 0 aromatic rings. The lowest BCUT2D eigenvalue weighted by molar-refractivity contribution is 0.199. The molecule has 0 unspecified atom stereocenters. The fourth-order valence-corrected chi connectivity index (χ4v) is 1.91. The molecule has 0 aromatic carbocycles. The van der Waals surface area contributed by atoms with E-state index in [4.69, 9.17) is 13.8 Å². The van der Waals surface area contributed by atoms with Crippen LogP contribution in [0.25, 0.3) is 0 Å². The van der Waals surface area contributed by atoms with Gasteiger partial charge in [0.1, 0.15) is 6.61 Å². The smallest absolute Gasteiger partial charge is 0.365 e. The lowest BCUT2D eigenvalue weighted by atomic mass is 10.7. The maximum atomic E-state index is 11.8. The van der Waals surface area contributed by atoms with E-state index in [9.17, 15) is 4.57 Å². The second-order valence-corrected chi connectivity index (χ2v) is 4.16. The van der Waals surface area contributed by atoms with Crippen molar-refractivity contribution in [3.63, 3.8) is 0 Å². The molecule has 0 bridgehead atoms. The quantitative estimate of drug-likeness (QED) is 0.292. The fraction of sp³-hybridized carbons (Fsp3) is 0.600. The molecule has 0 aliphatic rings. The molecule has 0 saturated carbocycles. The molecule has 0 aliphatic heterocycles. The van der Waals surface area contributed by atoms with Gasteiger partial charge in [-0.3, -0.25) is 9.05 Å². The highest BCUT2D eigenvalue weighted by Crippen LogP contribution is 2.46. The molecule has 0 spiro atoms. The largest absolute Gasteiger partial charge is 0.405 e. The predicted octanol–water partition coefficient (Wildman–Crippen LogP) is 2.42. The van der Waals surface area contributed by atoms with Crippen molar-refractivity contribution in [3.8, 4) is 11.6 Å². The van der Waals surface area contributed by atoms with Gasteiger partial charge in [-0.05, 0) is 13.8 Å². The molecule has 0 aromatic heterocycles. The Morgan fingerprint density at radius 2 is 1.93 bits per heavy atom. The van der Waals surface area contributed by atoms with Crippen LogP contribution in [0.4, 0.5) is 0 Å². The second-order valence-electron chi connectivity index (χ2n) is 2.43. The van der Waals surface area contributed by atoms with E-state index >= 15 is 0 Å². The Morgan fingerprint density at radius 3 is 2.40 bits per heavy atom. The summed E-state index contributed by atoms with van der Waals surface area (Å²) >= 11 is 0. The minimum atomic E-state index is -3.23. The Kier molecular flexibility index (Phi) is 8.35. The van der Waals surface area contributed by atoms with Crippen LogP contribution in [0.15, 0.2) is 12.7 Å². The highest BCUT2D eigenvalue weighted by molar-refractivity contribution is 7.59. The van der Waals surface area contributed by atoms with Gasteiger partial charge in [0.15, 0.2) is 0 Å². The van der Waals surface area contributed by atoms with Crippen molar-refractivity contribution in [2.45, 2.75) is 13.8 Å². The Bertz CT molecular complexity index is 267. The average molecular weight is 232 g/mol. The standard InChI is InChI=1S/C10H17O4P/c1-4-8-12-9-7-10-15(11,13-5-2)14-6-3/h4H,1,5-6,8-9H2,2-3H3. The van der Waals surface area contributed by atoms with Crippen molar-refractivity contribution in [2.24, 2.45) is 0 Å². The third kappa shape index (κ3) is 7.35. The van der Waals surface area contributed by atoms with E-state index in [1.807, 2.05) is 0 Å². The molecule has 0 rings (SSSR count). The topological polar surface area (TPSA) is 44.8 Å². The summed E-state index contributed by atoms with van der Waals surface area (Å²) in [6, 6.07) is 0. The normalized spacial score (nSPS) is 10.5. The summed E-state index contributed by atoms with van der Waals surface area (Å²) in [5, 5.41) is 0. The lowest BCUT2D eigenvalue weighted by Gasteiger charge is -2.09. The Labute approximate surface area is 91.1 Å². The molecule has 0 atom stereocenters. The molecule has 0 fully saturated rings. The highest BCUT2D eigenvalue weighted by Gasteiger charge is 2.19. The van der Waals surface area contributed by atoms with Gasteiger partial charge in [-0.25, -0.2) is 4.57 Å². The summed E-state index contributed by atoms with van der Waals surface area (Å²) in [6.07, 6.45) is 1.62. The van der Waals surface area contributed by atoms with Gasteiger partial charge in [-0.1, -0.05) is 12.0 Å². The Morgan fingerprint density at radius 1 is 1.33 bits per heavy atom. The number of hydrogen-bond donors (Lipinski definition) is 0. The fourth-order valence-electron chi connectivity index (χ4n) is 0.764. The van der Waals surface area contributed by atoms with E-state index < -0.39 is 7.60 Å². The van der Waals surface area contributed by atoms with E-state index in [1.54, 1.807) is 19.9 Å². The van der Waals surface area contributed by atoms with Crippen LogP contribution < -0.4 is 0 Å². The number of rotatable bonds is 7. The number of ether oxygens (including phenoxy) is 1. The molecular weight excluding hydrogens is 215 g/mol. The summed E-state index contributed by atoms with van der Waals surface area (Å²) in [5.41, 5.74) is 2.46. The molecule has 86 valence electrons. The zero-order chi connectivity index (χ0) is 11.6. The van der Waals surface area contributed by atoms with Crippen molar-refractivity contribution in [1.29, 1.82) is 0 Å². The van der Waals surface area contributed by atoms with Gasteiger partial charge in [-0.2, -0.15) is 0 Å². The molecule has 0 saturated heterocycles. The van der Waals surface area contributed by atoms with E-state index in [1.165, 1.54) is 0 Å². The van der Waals surface area contributed by atoms with E-state index in [0.29, 0.717) is 19.8 Å². The van der Waals surface area contributed by atoms with Crippen molar-refractivity contribution in [3.05, 3.63) is 12.7 Å². The molecule has 4 nitrogen and oxygen atoms in total. The van der Waals surface area contributed by atoms with E-state index in [0.717, 1.165) is 0 Å². The Hall–Kier alpha value is -0.590. The van der Waals surface area contributed by atoms with Crippen LogP contribution in [-0.2, 0) is 18.3 Å². The minimum absolute atomic E-state index is 0.191. The van der Waals surface area contributed by atoms with E-state index in [2.05, 4.69) is 18.2 Å². The van der Waals surface area contributed by atoms with Crippen molar-refractivity contribution in [2.75, 3.05) is 26.4 Å². The van der Waals surface area contributed by atoms with Crippen LogP contribution >= 0.6 is 7.60 Å². The van der Waals surface area contributed by atoms with Crippen molar-refractivity contribution in [1.82, 2.24) is 0 Å². The van der Waals surface area contributed by atoms with Gasteiger partial charge in [0.25, 0.3) is 0 Å². The highest BCUT2D eigenvalue weighted by atomic mass is 31.2. The first-order chi connectivity index (χ1) is 7.18. The van der Waals surface area contributed by atoms with Gasteiger partial charge in [-0.15, -0.1) is 6.58 Å². The van der Waals surface area contributed by atoms with E-state index in [-0.39, 0.29) is 6.61 Å². The van der Waals surface area contributed by atoms with Crippen LogP contribution in [0, 0.1) is 11.6 Å². The van der Waals surface area contributed by atoms with Gasteiger partial charge in [0.05, 0.1) is 19.8 Å². The average Bonchev–Trinajstić information content (AvgIpc) is 2.18. The maximum absolute atomic E-state index is 11.8. The number of hydrogen-bond acceptors (Lipinski definition) is 4. The molecule has 15 heavy (non-hydrogen) atoms. The minimum Gasteiger partial charge on any atom is -0.365 e. The molecule has 0 radical (unpaired) electrons. The summed E-state index contributed by atoms with van der Waals surface area (Å²) in [7, 11) is -3.23. The van der Waals surface area contributed by atoms with Crippen molar-refractivity contribution >= 4 is 7.60 Å². The summed E-state index contributed by atoms with van der Waals surface area (Å²) in [6.45, 7) is 8.18. The third-order valence-corrected chi connectivity index (χ3v) is 2.85. The van der Waals surface area contributed by atoms with Gasteiger partial charge in [0.2, 0.25) is 0 Å². The first-order valence-electron chi connectivity index (χ1n) is 4.76. The monoisotopic (exact) mass is 232 g/mol. The molecular formula is C10H17O4P. The molecule has 0 amide bonds. The van der Waals surface area contributed by atoms with Crippen LogP contribution in [-0.4, -0.2) is 26.4 Å². The predicted molar refractivity (Wildman–Crippen MR) is 59.7 cm³/mol. The molecule has 0 aliphatic carbocycles. The van der Waals surface area contributed by atoms with Crippen LogP contribution in [0.5, 0.6) is 0 Å². The third-order valence-electron chi connectivity index (χ3n) is 1.22. The second kappa shape index (κ2) is 8.70. The SMILES string of the molecule is C=CCOCC#CP(=O)(OCC)OCC. The zero-order valence-corrected chi connectivity index (χ0v) is 10.1. The first-order valence-corrected chi connectivity index (χ1v) is 6.30. The summed E-state index contributed by atoms with van der Waals surface area (Å²) < 4.78 is 26.7. The Balaban J connectivity index is 4.13. The van der Waals surface area contributed by atoms with Crippen LogP contribution in [0.1, 0.15) is 13.8 Å². The van der Waals surface area contributed by atoms with Crippen LogP contribution in [0.3, 0.4) is 0 Å². The summed E-state index contributed by atoms with van der Waals surface area (Å²) in [4.78, 5) is 0. The van der Waals surface area contributed by atoms with Crippen LogP contribution in [0.2, 0.25) is 0 Å². The summed E-state index contributed by atoms with van der Waals surface area (Å²) in [5.74, 6) is 2.60. The zero-order valence-electron chi connectivity index (χ0n) is 9.19. The van der Waals surface area contributed by atoms with Gasteiger partial charge < -0.3 is 4.74 Å². The van der Waals surface area contributed by atoms with Gasteiger partial charge >= 0.3 is 7.60 Å². The molecule has 5 heteroatoms. The molecule has 0 N–H and O–H groups in total.